The largest absolute Gasteiger partial charge is 0.501 e. The number of furan rings is 1. The first-order chi connectivity index (χ1) is 23.0. The molecular weight excluding hydrogens is 837 g/mol. The van der Waals surface area contributed by atoms with Crippen molar-refractivity contribution in [2.75, 3.05) is 0 Å². The summed E-state index contributed by atoms with van der Waals surface area (Å²) in [5.41, 5.74) is 9.01. The van der Waals surface area contributed by atoms with Gasteiger partial charge in [-0.05, 0) is 42.5 Å². The van der Waals surface area contributed by atoms with Crippen LogP contribution >= 0.6 is 0 Å². The Morgan fingerprint density at radius 1 is 0.837 bits per heavy atom. The first kappa shape index (κ1) is 37.2. The van der Waals surface area contributed by atoms with E-state index in [1.54, 1.807) is 0 Å². The van der Waals surface area contributed by atoms with Crippen molar-refractivity contribution in [3.8, 4) is 22.5 Å². The summed E-state index contributed by atoms with van der Waals surface area (Å²) >= 11 is -1.90. The second-order valence-electron chi connectivity index (χ2n) is 15.8. The summed E-state index contributed by atoms with van der Waals surface area (Å²) < 4.78 is 7.72. The molecule has 0 amide bonds. The Balaban J connectivity index is 0.000000194. The van der Waals surface area contributed by atoms with Crippen LogP contribution in [0.1, 0.15) is 76.8 Å². The van der Waals surface area contributed by atoms with Crippen molar-refractivity contribution in [2.24, 2.45) is 11.3 Å². The molecule has 1 aliphatic rings. The Morgan fingerprint density at radius 3 is 2.31 bits per heavy atom. The van der Waals surface area contributed by atoms with Crippen LogP contribution in [0.25, 0.3) is 44.5 Å². The number of hydrogen-bond acceptors (Lipinski definition) is 3. The number of aromatic nitrogens is 2. The van der Waals surface area contributed by atoms with Gasteiger partial charge in [0.1, 0.15) is 5.58 Å². The van der Waals surface area contributed by atoms with E-state index in [0.717, 1.165) is 56.8 Å². The zero-order chi connectivity index (χ0) is 33.9. The molecule has 0 N–H and O–H groups in total. The number of hydrogen-bond donors (Lipinski definition) is 0. The molecule has 1 aliphatic carbocycles. The maximum absolute atomic E-state index is 6.18. The van der Waals surface area contributed by atoms with Crippen molar-refractivity contribution in [3.63, 3.8) is 0 Å². The smallest absolute Gasteiger partial charge is 0.120 e. The van der Waals surface area contributed by atoms with E-state index in [1.165, 1.54) is 47.6 Å². The maximum atomic E-state index is 6.18. The fraction of sp³-hybridized carbons (Fsp3) is 0.364. The van der Waals surface area contributed by atoms with Crippen molar-refractivity contribution in [1.29, 1.82) is 0 Å². The summed E-state index contributed by atoms with van der Waals surface area (Å²) in [6.07, 6.45) is 12.0. The van der Waals surface area contributed by atoms with E-state index in [-0.39, 0.29) is 20.1 Å². The summed E-state index contributed by atoms with van der Waals surface area (Å²) in [6, 6.07) is 33.7. The van der Waals surface area contributed by atoms with Gasteiger partial charge in [-0.3, -0.25) is 0 Å². The molecule has 1 fully saturated rings. The number of pyridine rings is 2. The average molecular weight is 888 g/mol. The second-order valence-corrected chi connectivity index (χ2v) is 26.4. The van der Waals surface area contributed by atoms with Crippen LogP contribution in [0, 0.1) is 23.5 Å². The minimum absolute atomic E-state index is 0. The molecule has 257 valence electrons. The van der Waals surface area contributed by atoms with Crippen molar-refractivity contribution in [1.82, 2.24) is 9.97 Å². The van der Waals surface area contributed by atoms with E-state index in [9.17, 15) is 0 Å². The molecule has 3 aromatic heterocycles. The van der Waals surface area contributed by atoms with Crippen LogP contribution in [0.4, 0.5) is 0 Å². The SMILES string of the molecule is CC(C)(C)Cc1cc(-c2[c-]cccc2)nc[c]1[Ge]([CH3])([CH3])[CH3].CC(c1ccnc(-c2[c-]ccc3c2oc2ccccc23)c1)C1CCCCC1.[Ir]. The van der Waals surface area contributed by atoms with Gasteiger partial charge in [-0.1, -0.05) is 67.0 Å². The zero-order valence-electron chi connectivity index (χ0n) is 30.2. The molecule has 3 nitrogen and oxygen atoms in total. The Bertz CT molecular complexity index is 1980. The van der Waals surface area contributed by atoms with Crippen molar-refractivity contribution >= 4 is 39.6 Å². The predicted molar refractivity (Wildman–Crippen MR) is 205 cm³/mol. The van der Waals surface area contributed by atoms with Gasteiger partial charge in [0.15, 0.2) is 0 Å². The number of nitrogens with zero attached hydrogens (tertiary/aromatic N) is 2. The Kier molecular flexibility index (Phi) is 12.1. The number of fused-ring (bicyclic) bond motifs is 3. The maximum Gasteiger partial charge on any atom is 0.120 e. The number of benzene rings is 3. The number of rotatable bonds is 6. The van der Waals surface area contributed by atoms with Crippen LogP contribution in [-0.2, 0) is 26.5 Å². The van der Waals surface area contributed by atoms with Gasteiger partial charge in [-0.15, -0.1) is 18.2 Å². The Labute approximate surface area is 310 Å². The Hall–Kier alpha value is -3.05. The molecule has 1 unspecified atom stereocenters. The van der Waals surface area contributed by atoms with Crippen LogP contribution in [0.2, 0.25) is 17.3 Å². The summed E-state index contributed by atoms with van der Waals surface area (Å²) in [6.45, 7) is 9.30. The third-order valence-electron chi connectivity index (χ3n) is 9.76. The molecule has 1 radical (unpaired) electrons. The van der Waals surface area contributed by atoms with E-state index < -0.39 is 13.3 Å². The van der Waals surface area contributed by atoms with Gasteiger partial charge in [0.05, 0.1) is 5.58 Å². The van der Waals surface area contributed by atoms with Crippen molar-refractivity contribution < 1.29 is 24.5 Å². The molecule has 7 rings (SSSR count). The molecule has 0 saturated heterocycles. The first-order valence-corrected chi connectivity index (χ1v) is 25.1. The quantitative estimate of drug-likeness (QED) is 0.124. The molecule has 6 aromatic rings. The third-order valence-corrected chi connectivity index (χ3v) is 14.1. The van der Waals surface area contributed by atoms with Crippen LogP contribution in [0.3, 0.4) is 0 Å². The van der Waals surface area contributed by atoms with Gasteiger partial charge in [0, 0.05) is 31.7 Å². The monoisotopic (exact) mass is 889 g/mol. The molecular formula is C44H50GeIrN2O-2. The molecule has 0 bridgehead atoms. The molecule has 0 aliphatic heterocycles. The van der Waals surface area contributed by atoms with E-state index in [0.29, 0.717) is 11.3 Å². The molecule has 3 aromatic carbocycles. The molecule has 0 spiro atoms. The van der Waals surface area contributed by atoms with Gasteiger partial charge in [0.25, 0.3) is 0 Å². The zero-order valence-corrected chi connectivity index (χ0v) is 34.7. The van der Waals surface area contributed by atoms with Gasteiger partial charge in [0.2, 0.25) is 0 Å². The van der Waals surface area contributed by atoms with Crippen molar-refractivity contribution in [2.45, 2.75) is 89.4 Å². The Morgan fingerprint density at radius 2 is 1.59 bits per heavy atom. The van der Waals surface area contributed by atoms with Gasteiger partial charge >= 0.3 is 132 Å². The second kappa shape index (κ2) is 15.9. The van der Waals surface area contributed by atoms with Crippen LogP contribution in [0.5, 0.6) is 0 Å². The fourth-order valence-electron chi connectivity index (χ4n) is 7.24. The normalized spacial score (nSPS) is 14.6. The van der Waals surface area contributed by atoms with E-state index in [1.807, 2.05) is 42.6 Å². The van der Waals surface area contributed by atoms with E-state index >= 15 is 0 Å². The van der Waals surface area contributed by atoms with E-state index in [2.05, 4.69) is 111 Å². The van der Waals surface area contributed by atoms with Gasteiger partial charge in [-0.2, -0.15) is 0 Å². The van der Waals surface area contributed by atoms with Crippen LogP contribution < -0.4 is 4.40 Å². The van der Waals surface area contributed by atoms with E-state index in [4.69, 9.17) is 9.40 Å². The van der Waals surface area contributed by atoms with Crippen LogP contribution in [-0.4, -0.2) is 23.2 Å². The molecule has 5 heteroatoms. The molecule has 1 saturated carbocycles. The van der Waals surface area contributed by atoms with Crippen molar-refractivity contribution in [3.05, 3.63) is 115 Å². The summed E-state index contributed by atoms with van der Waals surface area (Å²) in [4.78, 5) is 9.39. The minimum Gasteiger partial charge on any atom is -0.501 e. The van der Waals surface area contributed by atoms with Gasteiger partial charge in [-0.25, -0.2) is 0 Å². The molecule has 1 atom stereocenters. The average Bonchev–Trinajstić information content (AvgIpc) is 3.47. The first-order valence-electron chi connectivity index (χ1n) is 17.7. The fourth-order valence-corrected chi connectivity index (χ4v) is 10.5. The summed E-state index contributed by atoms with van der Waals surface area (Å²) in [5, 5.41) is 2.28. The predicted octanol–water partition coefficient (Wildman–Crippen LogP) is 11.8. The van der Waals surface area contributed by atoms with Gasteiger partial charge < -0.3 is 9.40 Å². The summed E-state index contributed by atoms with van der Waals surface area (Å²) in [5.74, 6) is 8.69. The van der Waals surface area contributed by atoms with Crippen LogP contribution in [0.15, 0.2) is 95.7 Å². The standard InChI is InChI=1S/C25H24NO.C19H26GeN.Ir/c1-17(18-8-3-2-4-9-18)19-14-15-26-23(16-19)22-12-7-11-21-20-10-5-6-13-24(20)27-25(21)22;1-19(2,3)13-16-12-18(15-10-8-7-9-11-15)21-14-17(16)20(4,5)6;/h5-7,10-11,13-18H,2-4,8-9H2,1H3;7-10,12,14H,13H2,1-6H3;/q2*-1;. The summed E-state index contributed by atoms with van der Waals surface area (Å²) in [7, 11) is 0. The molecule has 3 heterocycles. The topological polar surface area (TPSA) is 38.9 Å². The molecule has 49 heavy (non-hydrogen) atoms. The minimum atomic E-state index is -1.90. The number of para-hydroxylation sites is 1. The third kappa shape index (κ3) is 9.01.